The van der Waals surface area contributed by atoms with Crippen LogP contribution in [0, 0.1) is 5.41 Å². The molecule has 0 aromatic carbocycles. The van der Waals surface area contributed by atoms with Crippen LogP contribution < -0.4 is 0 Å². The Bertz CT molecular complexity index is 225. The van der Waals surface area contributed by atoms with E-state index in [9.17, 15) is 4.79 Å². The minimum atomic E-state index is -0.797. The fraction of sp³-hybridized carbons (Fsp3) is 0.778. The number of carbonyl (C=O) groups is 1. The summed E-state index contributed by atoms with van der Waals surface area (Å²) in [7, 11) is 0. The molecule has 0 radical (unpaired) electrons. The highest BCUT2D eigenvalue weighted by atomic mass is 16.4. The van der Waals surface area contributed by atoms with Crippen molar-refractivity contribution in [3.8, 4) is 0 Å². The number of aliphatic imine (C=N–C) groups is 1. The molecule has 1 rings (SSSR count). The molecule has 1 atom stereocenters. The summed E-state index contributed by atoms with van der Waals surface area (Å²) in [6.07, 6.45) is 1.50. The largest absolute Gasteiger partial charge is 0.480 e. The van der Waals surface area contributed by atoms with Crippen LogP contribution in [0.5, 0.6) is 0 Å². The number of nitrogens with zero attached hydrogens (tertiary/aromatic N) is 1. The second-order valence-electron chi connectivity index (χ2n) is 4.22. The fourth-order valence-electron chi connectivity index (χ4n) is 1.34. The van der Waals surface area contributed by atoms with Gasteiger partial charge in [0.15, 0.2) is 0 Å². The van der Waals surface area contributed by atoms with Crippen LogP contribution in [0.1, 0.15) is 33.6 Å². The standard InChI is InChI=1S/C9H15NO2/c1-9(2,3)7-5-4-6(10-7)8(11)12/h6H,4-5H2,1-3H3,(H,11,12). The summed E-state index contributed by atoms with van der Waals surface area (Å²) in [5.74, 6) is -0.797. The zero-order valence-corrected chi connectivity index (χ0v) is 7.79. The first kappa shape index (κ1) is 9.23. The van der Waals surface area contributed by atoms with Gasteiger partial charge in [0.25, 0.3) is 0 Å². The van der Waals surface area contributed by atoms with Crippen LogP contribution in [0.15, 0.2) is 4.99 Å². The predicted octanol–water partition coefficient (Wildman–Crippen LogP) is 1.72. The van der Waals surface area contributed by atoms with E-state index in [-0.39, 0.29) is 5.41 Å². The summed E-state index contributed by atoms with van der Waals surface area (Å²) >= 11 is 0. The number of hydrogen-bond donors (Lipinski definition) is 1. The molecule has 68 valence electrons. The summed E-state index contributed by atoms with van der Waals surface area (Å²) in [5, 5.41) is 8.69. The molecule has 0 bridgehead atoms. The topological polar surface area (TPSA) is 49.7 Å². The van der Waals surface area contributed by atoms with Crippen LogP contribution in [-0.4, -0.2) is 22.8 Å². The molecule has 0 amide bonds. The normalized spacial score (nSPS) is 23.9. The quantitative estimate of drug-likeness (QED) is 0.649. The molecule has 1 N–H and O–H groups in total. The molecule has 0 aromatic rings. The van der Waals surface area contributed by atoms with Crippen molar-refractivity contribution in [2.45, 2.75) is 39.7 Å². The highest BCUT2D eigenvalue weighted by molar-refractivity contribution is 5.94. The average Bonchev–Trinajstić information content (AvgIpc) is 2.30. The summed E-state index contributed by atoms with van der Waals surface area (Å²) in [6, 6.07) is -0.487. The zero-order chi connectivity index (χ0) is 9.35. The monoisotopic (exact) mass is 169 g/mol. The summed E-state index contributed by atoms with van der Waals surface area (Å²) in [6.45, 7) is 6.20. The van der Waals surface area contributed by atoms with Gasteiger partial charge in [-0.1, -0.05) is 20.8 Å². The van der Waals surface area contributed by atoms with E-state index in [0.29, 0.717) is 6.42 Å². The van der Waals surface area contributed by atoms with Crippen molar-refractivity contribution in [1.82, 2.24) is 0 Å². The number of carboxylic acid groups (broad SMARTS) is 1. The third-order valence-electron chi connectivity index (χ3n) is 2.12. The molecule has 0 fully saturated rings. The molecule has 1 heterocycles. The zero-order valence-electron chi connectivity index (χ0n) is 7.79. The van der Waals surface area contributed by atoms with Gasteiger partial charge in [0.1, 0.15) is 6.04 Å². The highest BCUT2D eigenvalue weighted by Gasteiger charge is 2.29. The van der Waals surface area contributed by atoms with Crippen molar-refractivity contribution in [3.63, 3.8) is 0 Å². The molecule has 0 saturated carbocycles. The lowest BCUT2D eigenvalue weighted by atomic mass is 9.88. The third-order valence-corrected chi connectivity index (χ3v) is 2.12. The molecule has 1 aliphatic heterocycles. The van der Waals surface area contributed by atoms with Crippen LogP contribution in [0.3, 0.4) is 0 Å². The number of rotatable bonds is 1. The maximum atomic E-state index is 10.6. The first-order chi connectivity index (χ1) is 5.41. The van der Waals surface area contributed by atoms with E-state index in [1.165, 1.54) is 0 Å². The highest BCUT2D eigenvalue weighted by Crippen LogP contribution is 2.26. The van der Waals surface area contributed by atoms with Crippen molar-refractivity contribution in [2.75, 3.05) is 0 Å². The van der Waals surface area contributed by atoms with Gasteiger partial charge in [0.2, 0.25) is 0 Å². The molecule has 0 aromatic heterocycles. The summed E-state index contributed by atoms with van der Waals surface area (Å²) in [4.78, 5) is 14.7. The smallest absolute Gasteiger partial charge is 0.328 e. The molecular formula is C9H15NO2. The Morgan fingerprint density at radius 2 is 2.17 bits per heavy atom. The average molecular weight is 169 g/mol. The molecule has 0 saturated heterocycles. The van der Waals surface area contributed by atoms with Crippen LogP contribution >= 0.6 is 0 Å². The van der Waals surface area contributed by atoms with Crippen LogP contribution in [0.4, 0.5) is 0 Å². The van der Waals surface area contributed by atoms with Crippen molar-refractivity contribution in [1.29, 1.82) is 0 Å². The Balaban J connectivity index is 2.73. The van der Waals surface area contributed by atoms with E-state index in [4.69, 9.17) is 5.11 Å². The van der Waals surface area contributed by atoms with Gasteiger partial charge in [-0.05, 0) is 18.3 Å². The SMILES string of the molecule is CC(C)(C)C1=NC(C(=O)O)CC1. The van der Waals surface area contributed by atoms with E-state index in [0.717, 1.165) is 12.1 Å². The van der Waals surface area contributed by atoms with Crippen molar-refractivity contribution in [2.24, 2.45) is 10.4 Å². The Hall–Kier alpha value is -0.860. The molecule has 3 heteroatoms. The Morgan fingerprint density at radius 1 is 1.58 bits per heavy atom. The first-order valence-corrected chi connectivity index (χ1v) is 4.21. The van der Waals surface area contributed by atoms with E-state index in [2.05, 4.69) is 25.8 Å². The molecule has 12 heavy (non-hydrogen) atoms. The van der Waals surface area contributed by atoms with Gasteiger partial charge < -0.3 is 5.11 Å². The van der Waals surface area contributed by atoms with Crippen molar-refractivity contribution < 1.29 is 9.90 Å². The van der Waals surface area contributed by atoms with Gasteiger partial charge in [-0.2, -0.15) is 0 Å². The van der Waals surface area contributed by atoms with Gasteiger partial charge in [0.05, 0.1) is 0 Å². The lowest BCUT2D eigenvalue weighted by molar-refractivity contribution is -0.138. The van der Waals surface area contributed by atoms with Crippen molar-refractivity contribution in [3.05, 3.63) is 0 Å². The van der Waals surface area contributed by atoms with Gasteiger partial charge in [-0.25, -0.2) is 4.79 Å². The maximum Gasteiger partial charge on any atom is 0.328 e. The van der Waals surface area contributed by atoms with E-state index in [1.54, 1.807) is 0 Å². The summed E-state index contributed by atoms with van der Waals surface area (Å²) in [5.41, 5.74) is 1.07. The van der Waals surface area contributed by atoms with Gasteiger partial charge >= 0.3 is 5.97 Å². The second-order valence-corrected chi connectivity index (χ2v) is 4.22. The molecule has 0 spiro atoms. The van der Waals surface area contributed by atoms with Crippen LogP contribution in [-0.2, 0) is 4.79 Å². The van der Waals surface area contributed by atoms with E-state index in [1.807, 2.05) is 0 Å². The molecule has 1 aliphatic rings. The van der Waals surface area contributed by atoms with Gasteiger partial charge in [-0.15, -0.1) is 0 Å². The second kappa shape index (κ2) is 2.88. The molecule has 3 nitrogen and oxygen atoms in total. The Labute approximate surface area is 72.5 Å². The minimum Gasteiger partial charge on any atom is -0.480 e. The van der Waals surface area contributed by atoms with E-state index >= 15 is 0 Å². The summed E-state index contributed by atoms with van der Waals surface area (Å²) < 4.78 is 0. The van der Waals surface area contributed by atoms with Crippen molar-refractivity contribution >= 4 is 11.7 Å². The maximum absolute atomic E-state index is 10.6. The predicted molar refractivity (Wildman–Crippen MR) is 47.5 cm³/mol. The molecular weight excluding hydrogens is 154 g/mol. The molecule has 1 unspecified atom stereocenters. The van der Waals surface area contributed by atoms with Crippen LogP contribution in [0.2, 0.25) is 0 Å². The lowest BCUT2D eigenvalue weighted by Crippen LogP contribution is -2.18. The number of hydrogen-bond acceptors (Lipinski definition) is 2. The minimum absolute atomic E-state index is 0.0319. The first-order valence-electron chi connectivity index (χ1n) is 4.21. The third kappa shape index (κ3) is 1.84. The van der Waals surface area contributed by atoms with Gasteiger partial charge in [-0.3, -0.25) is 4.99 Å². The fourth-order valence-corrected chi connectivity index (χ4v) is 1.34. The number of carboxylic acids is 1. The Morgan fingerprint density at radius 3 is 2.42 bits per heavy atom. The molecule has 0 aliphatic carbocycles. The lowest BCUT2D eigenvalue weighted by Gasteiger charge is -2.17. The Kier molecular flexibility index (Phi) is 2.22. The van der Waals surface area contributed by atoms with Gasteiger partial charge in [0, 0.05) is 5.71 Å². The number of aliphatic carboxylic acids is 1. The van der Waals surface area contributed by atoms with Crippen LogP contribution in [0.25, 0.3) is 0 Å². The van der Waals surface area contributed by atoms with E-state index < -0.39 is 12.0 Å².